The monoisotopic (exact) mass is 260 g/mol. The van der Waals surface area contributed by atoms with Gasteiger partial charge in [-0.05, 0) is 13.0 Å². The van der Waals surface area contributed by atoms with E-state index in [1.54, 1.807) is 14.2 Å². The summed E-state index contributed by atoms with van der Waals surface area (Å²) < 4.78 is 10.0. The van der Waals surface area contributed by atoms with Crippen LogP contribution in [0.4, 0.5) is 0 Å². The quantitative estimate of drug-likeness (QED) is 0.560. The maximum atomic E-state index is 12.0. The Balaban J connectivity index is 3.88. The summed E-state index contributed by atoms with van der Waals surface area (Å²) in [5.74, 6) is 0.176. The van der Waals surface area contributed by atoms with Crippen LogP contribution in [0.25, 0.3) is 0 Å². The molecule has 0 radical (unpaired) electrons. The lowest BCUT2D eigenvalue weighted by Gasteiger charge is -2.22. The highest BCUT2D eigenvalue weighted by Gasteiger charge is 2.12. The molecule has 18 heavy (non-hydrogen) atoms. The fourth-order valence-electron chi connectivity index (χ4n) is 1.55. The van der Waals surface area contributed by atoms with E-state index in [0.717, 1.165) is 13.0 Å². The first-order chi connectivity index (χ1) is 8.61. The third-order valence-corrected chi connectivity index (χ3v) is 2.60. The largest absolute Gasteiger partial charge is 0.383 e. The molecule has 0 heterocycles. The highest BCUT2D eigenvalue weighted by molar-refractivity contribution is 5.76. The molecule has 0 aliphatic rings. The van der Waals surface area contributed by atoms with Crippen molar-refractivity contribution < 1.29 is 14.3 Å². The number of carbonyl (C=O) groups excluding carboxylic acids is 1. The minimum Gasteiger partial charge on any atom is -0.383 e. The van der Waals surface area contributed by atoms with Crippen LogP contribution in [0, 0.1) is 0 Å². The van der Waals surface area contributed by atoms with Crippen molar-refractivity contribution in [2.75, 3.05) is 47.1 Å². The van der Waals surface area contributed by atoms with Crippen LogP contribution in [0.5, 0.6) is 0 Å². The summed E-state index contributed by atoms with van der Waals surface area (Å²) in [5, 5.41) is 3.31. The summed E-state index contributed by atoms with van der Waals surface area (Å²) in [6, 6.07) is 0.471. The van der Waals surface area contributed by atoms with E-state index in [4.69, 9.17) is 9.47 Å². The van der Waals surface area contributed by atoms with Gasteiger partial charge in [-0.15, -0.1) is 0 Å². The minimum atomic E-state index is 0.176. The van der Waals surface area contributed by atoms with Crippen LogP contribution in [-0.2, 0) is 14.3 Å². The Morgan fingerprint density at radius 2 is 1.72 bits per heavy atom. The van der Waals surface area contributed by atoms with Gasteiger partial charge >= 0.3 is 0 Å². The molecule has 0 aliphatic carbocycles. The molecular formula is C13H28N2O3. The zero-order chi connectivity index (χ0) is 13.8. The fraction of sp³-hybridized carbons (Fsp3) is 0.923. The molecule has 0 saturated heterocycles. The molecule has 0 saturated carbocycles. The van der Waals surface area contributed by atoms with E-state index in [9.17, 15) is 4.79 Å². The van der Waals surface area contributed by atoms with Gasteiger partial charge in [0.15, 0.2) is 0 Å². The first-order valence-electron chi connectivity index (χ1n) is 6.60. The smallest absolute Gasteiger partial charge is 0.222 e. The van der Waals surface area contributed by atoms with Gasteiger partial charge in [0.05, 0.1) is 13.2 Å². The van der Waals surface area contributed by atoms with Crippen molar-refractivity contribution in [3.8, 4) is 0 Å². The lowest BCUT2D eigenvalue weighted by atomic mass is 10.2. The Kier molecular flexibility index (Phi) is 11.0. The van der Waals surface area contributed by atoms with E-state index in [2.05, 4.69) is 19.2 Å². The van der Waals surface area contributed by atoms with Crippen LogP contribution >= 0.6 is 0 Å². The average Bonchev–Trinajstić information content (AvgIpc) is 2.34. The number of carbonyl (C=O) groups is 1. The van der Waals surface area contributed by atoms with Crippen LogP contribution < -0.4 is 5.32 Å². The first-order valence-corrected chi connectivity index (χ1v) is 6.60. The zero-order valence-electron chi connectivity index (χ0n) is 12.2. The zero-order valence-corrected chi connectivity index (χ0v) is 12.2. The summed E-state index contributed by atoms with van der Waals surface area (Å²) >= 11 is 0. The predicted octanol–water partition coefficient (Wildman–Crippen LogP) is 0.886. The van der Waals surface area contributed by atoms with Crippen LogP contribution in [-0.4, -0.2) is 63.9 Å². The van der Waals surface area contributed by atoms with Crippen molar-refractivity contribution >= 4 is 5.91 Å². The number of hydrogen-bond acceptors (Lipinski definition) is 4. The van der Waals surface area contributed by atoms with E-state index in [-0.39, 0.29) is 5.91 Å². The number of hydrogen-bond donors (Lipinski definition) is 1. The predicted molar refractivity (Wildman–Crippen MR) is 72.7 cm³/mol. The number of nitrogens with zero attached hydrogens (tertiary/aromatic N) is 1. The molecule has 1 amide bonds. The van der Waals surface area contributed by atoms with Gasteiger partial charge in [-0.3, -0.25) is 4.79 Å². The molecular weight excluding hydrogens is 232 g/mol. The van der Waals surface area contributed by atoms with E-state index < -0.39 is 0 Å². The summed E-state index contributed by atoms with van der Waals surface area (Å²) in [6.07, 6.45) is 1.45. The van der Waals surface area contributed by atoms with Gasteiger partial charge in [-0.1, -0.05) is 13.8 Å². The Labute approximate surface area is 111 Å². The topological polar surface area (TPSA) is 50.8 Å². The molecule has 0 aromatic carbocycles. The molecule has 0 spiro atoms. The second-order valence-corrected chi connectivity index (χ2v) is 4.58. The highest BCUT2D eigenvalue weighted by atomic mass is 16.5. The van der Waals surface area contributed by atoms with Crippen LogP contribution in [0.1, 0.15) is 26.7 Å². The molecule has 0 aromatic heterocycles. The molecule has 5 heteroatoms. The average molecular weight is 260 g/mol. The normalized spacial score (nSPS) is 10.9. The highest BCUT2D eigenvalue weighted by Crippen LogP contribution is 1.98. The Hall–Kier alpha value is -0.650. The lowest BCUT2D eigenvalue weighted by Crippen LogP contribution is -2.36. The van der Waals surface area contributed by atoms with Gasteiger partial charge in [0.25, 0.3) is 0 Å². The fourth-order valence-corrected chi connectivity index (χ4v) is 1.55. The summed E-state index contributed by atoms with van der Waals surface area (Å²) in [7, 11) is 3.29. The maximum Gasteiger partial charge on any atom is 0.222 e. The van der Waals surface area contributed by atoms with Crippen LogP contribution in [0.3, 0.4) is 0 Å². The number of rotatable bonds is 11. The minimum absolute atomic E-state index is 0.176. The summed E-state index contributed by atoms with van der Waals surface area (Å²) in [4.78, 5) is 13.8. The lowest BCUT2D eigenvalue weighted by molar-refractivity contribution is -0.132. The second kappa shape index (κ2) is 11.4. The van der Waals surface area contributed by atoms with Gasteiger partial charge in [-0.2, -0.15) is 0 Å². The third kappa shape index (κ3) is 9.39. The van der Waals surface area contributed by atoms with Gasteiger partial charge in [-0.25, -0.2) is 0 Å². The second-order valence-electron chi connectivity index (χ2n) is 4.58. The van der Waals surface area contributed by atoms with Crippen molar-refractivity contribution in [1.29, 1.82) is 0 Å². The van der Waals surface area contributed by atoms with Crippen molar-refractivity contribution in [3.05, 3.63) is 0 Å². The molecule has 0 fully saturated rings. The molecule has 0 unspecified atom stereocenters. The standard InChI is InChI=1S/C13H28N2O3/c1-12(2)14-7-5-6-13(16)15(8-10-17-3)9-11-18-4/h12,14H,5-11H2,1-4H3. The Bertz CT molecular complexity index is 202. The molecule has 0 aliphatic heterocycles. The molecule has 1 N–H and O–H groups in total. The number of ether oxygens (including phenoxy) is 2. The molecule has 0 rings (SSSR count). The number of methoxy groups -OCH3 is 2. The van der Waals surface area contributed by atoms with Gasteiger partial charge in [0.2, 0.25) is 5.91 Å². The van der Waals surface area contributed by atoms with E-state index in [1.165, 1.54) is 0 Å². The molecule has 108 valence electrons. The summed E-state index contributed by atoms with van der Waals surface area (Å²) in [5.41, 5.74) is 0. The van der Waals surface area contributed by atoms with Gasteiger partial charge < -0.3 is 19.7 Å². The van der Waals surface area contributed by atoms with Crippen LogP contribution in [0.2, 0.25) is 0 Å². The van der Waals surface area contributed by atoms with Crippen molar-refractivity contribution in [2.45, 2.75) is 32.7 Å². The van der Waals surface area contributed by atoms with E-state index in [0.29, 0.717) is 38.8 Å². The maximum absolute atomic E-state index is 12.0. The third-order valence-electron chi connectivity index (χ3n) is 2.60. The van der Waals surface area contributed by atoms with Crippen LogP contribution in [0.15, 0.2) is 0 Å². The number of amides is 1. The Morgan fingerprint density at radius 3 is 2.17 bits per heavy atom. The Morgan fingerprint density at radius 1 is 1.17 bits per heavy atom. The van der Waals surface area contributed by atoms with Crippen molar-refractivity contribution in [3.63, 3.8) is 0 Å². The van der Waals surface area contributed by atoms with Crippen molar-refractivity contribution in [1.82, 2.24) is 10.2 Å². The first kappa shape index (κ1) is 17.4. The molecule has 0 aromatic rings. The van der Waals surface area contributed by atoms with E-state index >= 15 is 0 Å². The van der Waals surface area contributed by atoms with Gasteiger partial charge in [0, 0.05) is 39.8 Å². The molecule has 5 nitrogen and oxygen atoms in total. The summed E-state index contributed by atoms with van der Waals surface area (Å²) in [6.45, 7) is 7.49. The molecule has 0 atom stereocenters. The SMILES string of the molecule is COCCN(CCOC)C(=O)CCCNC(C)C. The van der Waals surface area contributed by atoms with E-state index in [1.807, 2.05) is 4.90 Å². The van der Waals surface area contributed by atoms with Crippen molar-refractivity contribution in [2.24, 2.45) is 0 Å². The van der Waals surface area contributed by atoms with Gasteiger partial charge in [0.1, 0.15) is 0 Å². The molecule has 0 bridgehead atoms. The number of nitrogens with one attached hydrogen (secondary N) is 1.